The van der Waals surface area contributed by atoms with E-state index < -0.39 is 11.9 Å². The van der Waals surface area contributed by atoms with Crippen molar-refractivity contribution in [2.45, 2.75) is 20.4 Å². The summed E-state index contributed by atoms with van der Waals surface area (Å²) in [6, 6.07) is 0. The topological polar surface area (TPSA) is 77.1 Å². The van der Waals surface area contributed by atoms with E-state index in [9.17, 15) is 9.18 Å². The lowest BCUT2D eigenvalue weighted by atomic mass is 10.3. The minimum absolute atomic E-state index is 0.0284. The number of hydrogen-bond acceptors (Lipinski definition) is 4. The first-order valence-corrected chi connectivity index (χ1v) is 6.47. The van der Waals surface area contributed by atoms with Crippen LogP contribution in [0.25, 0.3) is 0 Å². The Morgan fingerprint density at radius 1 is 1.48 bits per heavy atom. The van der Waals surface area contributed by atoms with E-state index in [0.717, 1.165) is 4.68 Å². The summed E-state index contributed by atoms with van der Waals surface area (Å²) in [7, 11) is 1.49. The summed E-state index contributed by atoms with van der Waals surface area (Å²) >= 11 is 5.84. The van der Waals surface area contributed by atoms with Gasteiger partial charge in [0.1, 0.15) is 6.54 Å². The zero-order chi connectivity index (χ0) is 15.6. The highest BCUT2D eigenvalue weighted by Gasteiger charge is 2.11. The van der Waals surface area contributed by atoms with E-state index in [1.165, 1.54) is 17.9 Å². The molecule has 0 aliphatic heterocycles. The van der Waals surface area contributed by atoms with Crippen LogP contribution in [0.15, 0.2) is 11.3 Å². The van der Waals surface area contributed by atoms with Crippen LogP contribution in [0.5, 0.6) is 0 Å². The molecule has 2 aromatic rings. The summed E-state index contributed by atoms with van der Waals surface area (Å²) in [6.45, 7) is 3.36. The number of aryl methyl sites for hydroxylation is 3. The number of carbonyl (C=O) groups excluding carboxylic acids is 1. The van der Waals surface area contributed by atoms with Crippen LogP contribution >= 0.6 is 11.6 Å². The van der Waals surface area contributed by atoms with Crippen molar-refractivity contribution >= 4 is 23.7 Å². The third-order valence-electron chi connectivity index (χ3n) is 2.77. The smallest absolute Gasteiger partial charge is 0.261 e. The van der Waals surface area contributed by atoms with Crippen molar-refractivity contribution in [3.05, 3.63) is 34.1 Å². The van der Waals surface area contributed by atoms with Crippen LogP contribution in [-0.2, 0) is 18.4 Å². The first-order valence-electron chi connectivity index (χ1n) is 6.09. The lowest BCUT2D eigenvalue weighted by Gasteiger charge is -1.99. The second kappa shape index (κ2) is 6.04. The highest BCUT2D eigenvalue weighted by atomic mass is 35.5. The second-order valence-electron chi connectivity index (χ2n) is 4.47. The molecule has 1 N–H and O–H groups in total. The van der Waals surface area contributed by atoms with Crippen LogP contribution in [0.4, 0.5) is 4.39 Å². The van der Waals surface area contributed by atoms with Gasteiger partial charge in [-0.2, -0.15) is 19.7 Å². The fraction of sp³-hybridized carbons (Fsp3) is 0.333. The molecule has 0 aromatic carbocycles. The molecule has 0 saturated carbocycles. The largest absolute Gasteiger partial charge is 0.271 e. The molecule has 112 valence electrons. The number of aromatic nitrogens is 4. The summed E-state index contributed by atoms with van der Waals surface area (Å²) in [5.41, 5.74) is 3.66. The SMILES string of the molecule is Cc1nn(CC(=O)N/N=C\c2c(C)nn(C)c2F)cc1Cl. The van der Waals surface area contributed by atoms with Crippen molar-refractivity contribution in [3.8, 4) is 0 Å². The van der Waals surface area contributed by atoms with Crippen molar-refractivity contribution in [1.82, 2.24) is 25.0 Å². The first kappa shape index (κ1) is 15.2. The Morgan fingerprint density at radius 3 is 2.71 bits per heavy atom. The maximum atomic E-state index is 13.6. The first-order chi connectivity index (χ1) is 9.88. The summed E-state index contributed by atoms with van der Waals surface area (Å²) in [5.74, 6) is -0.910. The van der Waals surface area contributed by atoms with Gasteiger partial charge in [0.15, 0.2) is 0 Å². The van der Waals surface area contributed by atoms with Gasteiger partial charge in [0, 0.05) is 13.2 Å². The van der Waals surface area contributed by atoms with E-state index in [1.54, 1.807) is 20.0 Å². The second-order valence-corrected chi connectivity index (χ2v) is 4.87. The summed E-state index contributed by atoms with van der Waals surface area (Å²) in [5, 5.41) is 12.1. The Balaban J connectivity index is 1.96. The number of hydrogen-bond donors (Lipinski definition) is 1. The maximum absolute atomic E-state index is 13.6. The zero-order valence-electron chi connectivity index (χ0n) is 11.8. The minimum Gasteiger partial charge on any atom is -0.271 e. The molecule has 1 amide bonds. The Labute approximate surface area is 125 Å². The van der Waals surface area contributed by atoms with Crippen molar-refractivity contribution in [1.29, 1.82) is 0 Å². The Hall–Kier alpha value is -2.22. The van der Waals surface area contributed by atoms with E-state index in [-0.39, 0.29) is 12.1 Å². The Kier molecular flexibility index (Phi) is 4.37. The summed E-state index contributed by atoms with van der Waals surface area (Å²) in [4.78, 5) is 11.7. The van der Waals surface area contributed by atoms with Crippen molar-refractivity contribution in [2.24, 2.45) is 12.1 Å². The molecule has 0 saturated heterocycles. The minimum atomic E-state index is -0.514. The quantitative estimate of drug-likeness (QED) is 0.680. The Morgan fingerprint density at radius 2 is 2.19 bits per heavy atom. The standard InChI is InChI=1S/C12H14ClFN6O/c1-7-9(12(14)19(3)17-7)4-15-16-11(21)6-20-5-10(13)8(2)18-20/h4-5H,6H2,1-3H3,(H,16,21)/b15-4-. The van der Waals surface area contributed by atoms with Gasteiger partial charge in [-0.25, -0.2) is 10.1 Å². The molecule has 0 aliphatic rings. The number of nitrogens with one attached hydrogen (secondary N) is 1. The molecule has 0 unspecified atom stereocenters. The summed E-state index contributed by atoms with van der Waals surface area (Å²) in [6.07, 6.45) is 2.77. The molecular formula is C12H14ClFN6O. The van der Waals surface area contributed by atoms with Crippen LogP contribution in [0.3, 0.4) is 0 Å². The molecule has 2 aromatic heterocycles. The van der Waals surface area contributed by atoms with Gasteiger partial charge in [-0.3, -0.25) is 9.48 Å². The molecule has 0 bridgehead atoms. The lowest BCUT2D eigenvalue weighted by molar-refractivity contribution is -0.121. The highest BCUT2D eigenvalue weighted by molar-refractivity contribution is 6.31. The fourth-order valence-corrected chi connectivity index (χ4v) is 1.87. The molecule has 2 heterocycles. The molecule has 0 fully saturated rings. The van der Waals surface area contributed by atoms with Gasteiger partial charge < -0.3 is 0 Å². The van der Waals surface area contributed by atoms with Crippen LogP contribution in [0.1, 0.15) is 17.0 Å². The van der Waals surface area contributed by atoms with Crippen molar-refractivity contribution < 1.29 is 9.18 Å². The van der Waals surface area contributed by atoms with E-state index in [4.69, 9.17) is 11.6 Å². The number of halogens is 2. The fourth-order valence-electron chi connectivity index (χ4n) is 1.72. The molecular weight excluding hydrogens is 299 g/mol. The molecule has 2 rings (SSSR count). The van der Waals surface area contributed by atoms with Gasteiger partial charge in [-0.05, 0) is 13.8 Å². The van der Waals surface area contributed by atoms with Crippen molar-refractivity contribution in [2.75, 3.05) is 0 Å². The van der Waals surface area contributed by atoms with E-state index in [0.29, 0.717) is 16.4 Å². The third-order valence-corrected chi connectivity index (χ3v) is 3.14. The monoisotopic (exact) mass is 312 g/mol. The van der Waals surface area contributed by atoms with Crippen LogP contribution in [0.2, 0.25) is 5.02 Å². The van der Waals surface area contributed by atoms with Gasteiger partial charge in [-0.15, -0.1) is 0 Å². The van der Waals surface area contributed by atoms with Gasteiger partial charge in [0.25, 0.3) is 5.91 Å². The number of amides is 1. The number of hydrazone groups is 1. The highest BCUT2D eigenvalue weighted by Crippen LogP contribution is 2.11. The molecule has 0 spiro atoms. The zero-order valence-corrected chi connectivity index (χ0v) is 12.5. The van der Waals surface area contributed by atoms with Crippen LogP contribution < -0.4 is 5.43 Å². The normalized spacial score (nSPS) is 11.3. The summed E-state index contributed by atoms with van der Waals surface area (Å²) < 4.78 is 16.1. The van der Waals surface area contributed by atoms with Gasteiger partial charge in [0.05, 0.1) is 28.2 Å². The average Bonchev–Trinajstić information content (AvgIpc) is 2.83. The van der Waals surface area contributed by atoms with Crippen LogP contribution in [-0.4, -0.2) is 31.7 Å². The number of rotatable bonds is 4. The molecule has 9 heteroatoms. The predicted octanol–water partition coefficient (Wildman–Crippen LogP) is 1.18. The predicted molar refractivity (Wildman–Crippen MR) is 75.6 cm³/mol. The van der Waals surface area contributed by atoms with E-state index >= 15 is 0 Å². The number of nitrogens with zero attached hydrogens (tertiary/aromatic N) is 5. The Bertz CT molecular complexity index is 685. The molecule has 0 aliphatic carbocycles. The molecule has 0 atom stereocenters. The number of carbonyl (C=O) groups is 1. The van der Waals surface area contributed by atoms with E-state index in [2.05, 4.69) is 20.7 Å². The molecule has 21 heavy (non-hydrogen) atoms. The molecule has 0 radical (unpaired) electrons. The maximum Gasteiger partial charge on any atom is 0.261 e. The average molecular weight is 313 g/mol. The third kappa shape index (κ3) is 3.46. The van der Waals surface area contributed by atoms with Crippen LogP contribution in [0, 0.1) is 19.8 Å². The van der Waals surface area contributed by atoms with Gasteiger partial charge in [-0.1, -0.05) is 11.6 Å². The van der Waals surface area contributed by atoms with Crippen molar-refractivity contribution in [3.63, 3.8) is 0 Å². The van der Waals surface area contributed by atoms with Gasteiger partial charge in [0.2, 0.25) is 5.95 Å². The van der Waals surface area contributed by atoms with Gasteiger partial charge >= 0.3 is 0 Å². The van der Waals surface area contributed by atoms with E-state index in [1.807, 2.05) is 0 Å². The lowest BCUT2D eigenvalue weighted by Crippen LogP contribution is -2.23. The molecule has 7 nitrogen and oxygen atoms in total.